The molecule has 0 bridgehead atoms. The lowest BCUT2D eigenvalue weighted by Crippen LogP contribution is -2.40. The van der Waals surface area contributed by atoms with Gasteiger partial charge in [-0.1, -0.05) is 29.9 Å². The van der Waals surface area contributed by atoms with Crippen LogP contribution >= 0.6 is 11.3 Å². The van der Waals surface area contributed by atoms with Crippen LogP contribution in [-0.4, -0.2) is 43.6 Å². The number of sulfonamides is 1. The van der Waals surface area contributed by atoms with Gasteiger partial charge in [-0.2, -0.15) is 0 Å². The number of allylic oxidation sites excluding steroid dienone is 4. The second kappa shape index (κ2) is 13.3. The molecule has 11 heteroatoms. The molecule has 1 aliphatic carbocycles. The van der Waals surface area contributed by atoms with Crippen molar-refractivity contribution in [2.24, 2.45) is 5.92 Å². The van der Waals surface area contributed by atoms with Crippen LogP contribution in [0.1, 0.15) is 60.3 Å². The molecule has 1 saturated heterocycles. The first kappa shape index (κ1) is 32.6. The number of ether oxygens (including phenoxy) is 1. The summed E-state index contributed by atoms with van der Waals surface area (Å²) in [7, 11) is -3.96. The van der Waals surface area contributed by atoms with E-state index in [0.29, 0.717) is 33.4 Å². The number of nitrogens with zero attached hydrogens (tertiary/aromatic N) is 2. The molecule has 2 aliphatic rings. The predicted octanol–water partition coefficient (Wildman–Crippen LogP) is 7.53. The van der Waals surface area contributed by atoms with Gasteiger partial charge in [-0.25, -0.2) is 22.9 Å². The first-order chi connectivity index (χ1) is 21.3. The summed E-state index contributed by atoms with van der Waals surface area (Å²) in [5.41, 5.74) is 3.06. The van der Waals surface area contributed by atoms with Crippen LogP contribution in [0.5, 0.6) is 0 Å². The zero-order chi connectivity index (χ0) is 32.4. The second-order valence-electron chi connectivity index (χ2n) is 12.7. The standard InChI is InChI=1S/C34H40N4O5S2/c1-22(2)43-33(40)36-26-13-11-24(12-14-26)31-35-21-29(44-31)28-16-15-27(20-30(28)45(41,42)37-34(3,4)5)38-18-17-25(32(38)39)19-23-9-7-6-8-10-23/h6-7,9,11-16,20-22,25,37H,8,10,17-19H2,1-5H3,(H,36,40). The molecule has 9 nitrogen and oxygen atoms in total. The van der Waals surface area contributed by atoms with E-state index in [-0.39, 0.29) is 22.8 Å². The summed E-state index contributed by atoms with van der Waals surface area (Å²) in [6, 6.07) is 12.4. The number of hydrogen-bond acceptors (Lipinski definition) is 7. The van der Waals surface area contributed by atoms with E-state index in [1.807, 2.05) is 18.2 Å². The second-order valence-corrected chi connectivity index (χ2v) is 15.4. The summed E-state index contributed by atoms with van der Waals surface area (Å²) in [5.74, 6) is -0.0810. The maximum Gasteiger partial charge on any atom is 0.411 e. The smallest absolute Gasteiger partial charge is 0.411 e. The van der Waals surface area contributed by atoms with E-state index < -0.39 is 21.7 Å². The first-order valence-electron chi connectivity index (χ1n) is 15.2. The van der Waals surface area contributed by atoms with Crippen LogP contribution < -0.4 is 14.9 Å². The minimum Gasteiger partial charge on any atom is -0.447 e. The van der Waals surface area contributed by atoms with Gasteiger partial charge in [0.25, 0.3) is 0 Å². The highest BCUT2D eigenvalue weighted by Gasteiger charge is 2.34. The Balaban J connectivity index is 1.42. The van der Waals surface area contributed by atoms with Crippen LogP contribution in [0.2, 0.25) is 0 Å². The van der Waals surface area contributed by atoms with Crippen LogP contribution in [0.3, 0.4) is 0 Å². The molecule has 3 aromatic rings. The molecule has 1 fully saturated rings. The highest BCUT2D eigenvalue weighted by atomic mass is 32.2. The van der Waals surface area contributed by atoms with Gasteiger partial charge in [0.15, 0.2) is 0 Å². The molecule has 2 N–H and O–H groups in total. The number of thiazole rings is 1. The van der Waals surface area contributed by atoms with Gasteiger partial charge in [-0.15, -0.1) is 11.3 Å². The molecule has 0 saturated carbocycles. The molecule has 1 unspecified atom stereocenters. The predicted molar refractivity (Wildman–Crippen MR) is 180 cm³/mol. The molecule has 1 aliphatic heterocycles. The van der Waals surface area contributed by atoms with Gasteiger partial charge >= 0.3 is 6.09 Å². The van der Waals surface area contributed by atoms with E-state index in [1.54, 1.807) is 70.0 Å². The monoisotopic (exact) mass is 648 g/mol. The maximum atomic E-state index is 13.8. The van der Waals surface area contributed by atoms with Crippen molar-refractivity contribution < 1.29 is 22.7 Å². The highest BCUT2D eigenvalue weighted by molar-refractivity contribution is 7.89. The zero-order valence-electron chi connectivity index (χ0n) is 26.3. The number of amides is 2. The van der Waals surface area contributed by atoms with Crippen molar-refractivity contribution in [2.75, 3.05) is 16.8 Å². The summed E-state index contributed by atoms with van der Waals surface area (Å²) in [6.45, 7) is 9.49. The van der Waals surface area contributed by atoms with Crippen LogP contribution in [0.25, 0.3) is 21.0 Å². The van der Waals surface area contributed by atoms with Crippen molar-refractivity contribution in [2.45, 2.75) is 76.8 Å². The van der Waals surface area contributed by atoms with Crippen molar-refractivity contribution in [1.82, 2.24) is 9.71 Å². The summed E-state index contributed by atoms with van der Waals surface area (Å²) in [5, 5.41) is 3.39. The Bertz CT molecular complexity index is 1730. The molecule has 238 valence electrons. The van der Waals surface area contributed by atoms with Gasteiger partial charge in [0.1, 0.15) is 5.01 Å². The maximum absolute atomic E-state index is 13.8. The zero-order valence-corrected chi connectivity index (χ0v) is 27.9. The summed E-state index contributed by atoms with van der Waals surface area (Å²) < 4.78 is 35.5. The fourth-order valence-corrected chi connectivity index (χ4v) is 8.16. The Labute approximate surface area is 269 Å². The number of nitrogens with one attached hydrogen (secondary N) is 2. The summed E-state index contributed by atoms with van der Waals surface area (Å²) >= 11 is 1.37. The van der Waals surface area contributed by atoms with Gasteiger partial charge < -0.3 is 9.64 Å². The van der Waals surface area contributed by atoms with E-state index in [4.69, 9.17) is 4.74 Å². The summed E-state index contributed by atoms with van der Waals surface area (Å²) in [6.07, 6.45) is 10.6. The van der Waals surface area contributed by atoms with Gasteiger partial charge in [0.05, 0.1) is 15.9 Å². The minimum atomic E-state index is -3.96. The number of aromatic nitrogens is 1. The SMILES string of the molecule is CC(C)OC(=O)Nc1ccc(-c2ncc(-c3ccc(N4CCC(CC5=CC=CCC5)C4=O)cc3S(=O)(=O)NC(C)(C)C)s2)cc1. The topological polar surface area (TPSA) is 118 Å². The lowest BCUT2D eigenvalue weighted by molar-refractivity contribution is -0.120. The lowest BCUT2D eigenvalue weighted by Gasteiger charge is -2.23. The Morgan fingerprint density at radius 1 is 1.16 bits per heavy atom. The molecule has 2 amide bonds. The number of anilines is 2. The van der Waals surface area contributed by atoms with Crippen LogP contribution in [0, 0.1) is 5.92 Å². The van der Waals surface area contributed by atoms with Crippen molar-refractivity contribution >= 4 is 44.7 Å². The highest BCUT2D eigenvalue weighted by Crippen LogP contribution is 2.39. The third kappa shape index (κ3) is 8.08. The van der Waals surface area contributed by atoms with Crippen LogP contribution in [0.4, 0.5) is 16.2 Å². The minimum absolute atomic E-state index is 0.0285. The molecule has 1 atom stereocenters. The molecule has 0 radical (unpaired) electrons. The number of benzene rings is 2. The normalized spacial score (nSPS) is 17.1. The van der Waals surface area contributed by atoms with Crippen LogP contribution in [0.15, 0.2) is 77.4 Å². The van der Waals surface area contributed by atoms with Gasteiger partial charge in [0.2, 0.25) is 15.9 Å². The van der Waals surface area contributed by atoms with E-state index >= 15 is 0 Å². The van der Waals surface area contributed by atoms with Crippen molar-refractivity contribution in [3.05, 3.63) is 72.5 Å². The van der Waals surface area contributed by atoms with Gasteiger partial charge in [-0.05, 0) is 96.7 Å². The van der Waals surface area contributed by atoms with Crippen LogP contribution in [-0.2, 0) is 19.6 Å². The lowest BCUT2D eigenvalue weighted by atomic mass is 9.93. The van der Waals surface area contributed by atoms with E-state index in [0.717, 1.165) is 31.2 Å². The van der Waals surface area contributed by atoms with E-state index in [2.05, 4.69) is 33.3 Å². The molecule has 2 heterocycles. The third-order valence-electron chi connectivity index (χ3n) is 7.42. The van der Waals surface area contributed by atoms with E-state index in [9.17, 15) is 18.0 Å². The Morgan fingerprint density at radius 2 is 1.91 bits per heavy atom. The largest absolute Gasteiger partial charge is 0.447 e. The molecular weight excluding hydrogens is 609 g/mol. The quantitative estimate of drug-likeness (QED) is 0.248. The summed E-state index contributed by atoms with van der Waals surface area (Å²) in [4.78, 5) is 32.5. The van der Waals surface area contributed by atoms with Crippen molar-refractivity contribution in [3.8, 4) is 21.0 Å². The van der Waals surface area contributed by atoms with Crippen molar-refractivity contribution in [3.63, 3.8) is 0 Å². The number of hydrogen-bond donors (Lipinski definition) is 2. The molecule has 2 aromatic carbocycles. The fourth-order valence-electron chi connectivity index (χ4n) is 5.48. The Kier molecular flexibility index (Phi) is 9.62. The molecule has 0 spiro atoms. The van der Waals surface area contributed by atoms with Gasteiger partial charge in [-0.3, -0.25) is 10.1 Å². The molecule has 5 rings (SSSR count). The molecular formula is C34H40N4O5S2. The molecule has 1 aromatic heterocycles. The van der Waals surface area contributed by atoms with Crippen molar-refractivity contribution in [1.29, 1.82) is 0 Å². The Morgan fingerprint density at radius 3 is 2.58 bits per heavy atom. The average molecular weight is 649 g/mol. The number of rotatable bonds is 9. The molecule has 45 heavy (non-hydrogen) atoms. The fraction of sp³-hybridized carbons (Fsp3) is 0.382. The van der Waals surface area contributed by atoms with E-state index in [1.165, 1.54) is 16.9 Å². The number of carbonyl (C=O) groups is 2. The van der Waals surface area contributed by atoms with Gasteiger partial charge in [0, 0.05) is 46.7 Å². The Hall–Kier alpha value is -3.80. The first-order valence-corrected chi connectivity index (χ1v) is 17.5. The third-order valence-corrected chi connectivity index (χ3v) is 10.3. The number of carbonyl (C=O) groups excluding carboxylic acids is 2. The average Bonchev–Trinajstić information content (AvgIpc) is 3.59.